The van der Waals surface area contributed by atoms with Gasteiger partial charge in [0.2, 0.25) is 11.8 Å². The fourth-order valence-corrected chi connectivity index (χ4v) is 3.05. The number of nitrogens with one attached hydrogen (secondary N) is 2. The highest BCUT2D eigenvalue weighted by Gasteiger charge is 2.21. The molecule has 5 nitrogen and oxygen atoms in total. The maximum Gasteiger partial charge on any atom is 0.224 e. The van der Waals surface area contributed by atoms with Gasteiger partial charge in [-0.1, -0.05) is 0 Å². The number of fused-ring (bicyclic) bond motifs is 1. The Morgan fingerprint density at radius 2 is 2.05 bits per heavy atom. The van der Waals surface area contributed by atoms with E-state index in [1.165, 1.54) is 5.56 Å². The number of carbonyl (C=O) groups excluding carboxylic acids is 2. The van der Waals surface area contributed by atoms with E-state index in [9.17, 15) is 9.59 Å². The number of piperidine rings is 1. The molecule has 0 bridgehead atoms. The molecule has 2 aliphatic rings. The van der Waals surface area contributed by atoms with Gasteiger partial charge in [0.1, 0.15) is 0 Å². The van der Waals surface area contributed by atoms with Crippen molar-refractivity contribution in [1.82, 2.24) is 4.90 Å². The number of aryl methyl sites for hydroxylation is 1. The molecule has 1 saturated heterocycles. The second-order valence-electron chi connectivity index (χ2n) is 5.84. The van der Waals surface area contributed by atoms with Gasteiger partial charge in [-0.2, -0.15) is 0 Å². The molecule has 0 aliphatic carbocycles. The Labute approximate surface area is 124 Å². The van der Waals surface area contributed by atoms with E-state index in [0.717, 1.165) is 43.7 Å². The van der Waals surface area contributed by atoms with Gasteiger partial charge in [-0.3, -0.25) is 9.59 Å². The van der Waals surface area contributed by atoms with Crippen LogP contribution in [-0.2, 0) is 16.0 Å². The highest BCUT2D eigenvalue weighted by atomic mass is 16.2. The van der Waals surface area contributed by atoms with Gasteiger partial charge in [0.25, 0.3) is 0 Å². The van der Waals surface area contributed by atoms with E-state index in [2.05, 4.69) is 16.7 Å². The third-order valence-electron chi connectivity index (χ3n) is 4.31. The van der Waals surface area contributed by atoms with Crippen LogP contribution in [0.1, 0.15) is 31.7 Å². The fourth-order valence-electron chi connectivity index (χ4n) is 3.05. The third kappa shape index (κ3) is 3.17. The van der Waals surface area contributed by atoms with Crippen molar-refractivity contribution in [2.75, 3.05) is 23.7 Å². The van der Waals surface area contributed by atoms with E-state index >= 15 is 0 Å². The molecule has 2 heterocycles. The Morgan fingerprint density at radius 1 is 1.29 bits per heavy atom. The quantitative estimate of drug-likeness (QED) is 0.874. The van der Waals surface area contributed by atoms with Crippen LogP contribution < -0.4 is 10.6 Å². The predicted molar refractivity (Wildman–Crippen MR) is 82.3 cm³/mol. The lowest BCUT2D eigenvalue weighted by Gasteiger charge is -2.32. The lowest BCUT2D eigenvalue weighted by atomic mass is 10.0. The topological polar surface area (TPSA) is 61.4 Å². The summed E-state index contributed by atoms with van der Waals surface area (Å²) in [5.74, 6) is 0.262. The molecule has 1 aromatic carbocycles. The summed E-state index contributed by atoms with van der Waals surface area (Å²) in [4.78, 5) is 24.6. The summed E-state index contributed by atoms with van der Waals surface area (Å²) < 4.78 is 0. The van der Waals surface area contributed by atoms with E-state index in [0.29, 0.717) is 12.5 Å². The molecule has 2 N–H and O–H groups in total. The van der Waals surface area contributed by atoms with Crippen LogP contribution in [0.5, 0.6) is 0 Å². The van der Waals surface area contributed by atoms with Crippen molar-refractivity contribution in [3.8, 4) is 0 Å². The van der Waals surface area contributed by atoms with E-state index < -0.39 is 0 Å². The first-order valence-electron chi connectivity index (χ1n) is 7.56. The van der Waals surface area contributed by atoms with Crippen LogP contribution in [0.2, 0.25) is 0 Å². The van der Waals surface area contributed by atoms with Crippen LogP contribution in [0.25, 0.3) is 0 Å². The van der Waals surface area contributed by atoms with Crippen molar-refractivity contribution in [1.29, 1.82) is 0 Å². The molecule has 0 spiro atoms. The lowest BCUT2D eigenvalue weighted by molar-refractivity contribution is -0.129. The first kappa shape index (κ1) is 13.9. The molecule has 0 unspecified atom stereocenters. The molecule has 0 aromatic heterocycles. The van der Waals surface area contributed by atoms with Crippen molar-refractivity contribution < 1.29 is 9.59 Å². The summed E-state index contributed by atoms with van der Waals surface area (Å²) in [6, 6.07) is 6.53. The zero-order valence-corrected chi connectivity index (χ0v) is 12.3. The largest absolute Gasteiger partial charge is 0.382 e. The fraction of sp³-hybridized carbons (Fsp3) is 0.500. The lowest BCUT2D eigenvalue weighted by Crippen LogP contribution is -2.41. The molecule has 1 aromatic rings. The van der Waals surface area contributed by atoms with Crippen LogP contribution in [-0.4, -0.2) is 35.8 Å². The summed E-state index contributed by atoms with van der Waals surface area (Å²) in [6.07, 6.45) is 3.33. The highest BCUT2D eigenvalue weighted by Crippen LogP contribution is 2.27. The number of rotatable bonds is 2. The predicted octanol–water partition coefficient (Wildman–Crippen LogP) is 1.99. The van der Waals surface area contributed by atoms with E-state index in [1.54, 1.807) is 6.92 Å². The van der Waals surface area contributed by atoms with Crippen molar-refractivity contribution in [2.45, 2.75) is 38.6 Å². The Kier molecular flexibility index (Phi) is 3.82. The molecule has 1 fully saturated rings. The Bertz CT molecular complexity index is 563. The Morgan fingerprint density at radius 3 is 2.76 bits per heavy atom. The van der Waals surface area contributed by atoms with Gasteiger partial charge < -0.3 is 15.5 Å². The summed E-state index contributed by atoms with van der Waals surface area (Å²) in [7, 11) is 0. The van der Waals surface area contributed by atoms with Gasteiger partial charge in [-0.15, -0.1) is 0 Å². The van der Waals surface area contributed by atoms with Gasteiger partial charge in [0.15, 0.2) is 0 Å². The van der Waals surface area contributed by atoms with Gasteiger partial charge in [-0.25, -0.2) is 0 Å². The van der Waals surface area contributed by atoms with Crippen molar-refractivity contribution in [3.05, 3.63) is 23.8 Å². The van der Waals surface area contributed by atoms with Crippen molar-refractivity contribution in [3.63, 3.8) is 0 Å². The molecule has 2 aliphatic heterocycles. The maximum atomic E-state index is 11.4. The van der Waals surface area contributed by atoms with Crippen LogP contribution in [0.4, 0.5) is 11.4 Å². The van der Waals surface area contributed by atoms with Crippen LogP contribution in [0.15, 0.2) is 18.2 Å². The summed E-state index contributed by atoms with van der Waals surface area (Å²) in [6.45, 7) is 3.29. The third-order valence-corrected chi connectivity index (χ3v) is 4.31. The molecular weight excluding hydrogens is 266 g/mol. The molecular formula is C16H21N3O2. The number of nitrogens with zero attached hydrogens (tertiary/aromatic N) is 1. The molecule has 0 atom stereocenters. The number of carbonyl (C=O) groups is 2. The average molecular weight is 287 g/mol. The van der Waals surface area contributed by atoms with Gasteiger partial charge in [-0.05, 0) is 43.0 Å². The molecule has 5 heteroatoms. The van der Waals surface area contributed by atoms with Gasteiger partial charge in [0, 0.05) is 43.9 Å². The second kappa shape index (κ2) is 5.76. The average Bonchev–Trinajstić information content (AvgIpc) is 2.48. The van der Waals surface area contributed by atoms with E-state index in [1.807, 2.05) is 17.0 Å². The number of amides is 2. The molecule has 0 saturated carbocycles. The summed E-state index contributed by atoms with van der Waals surface area (Å²) >= 11 is 0. The van der Waals surface area contributed by atoms with Gasteiger partial charge in [0.05, 0.1) is 0 Å². The minimum absolute atomic E-state index is 0.0970. The van der Waals surface area contributed by atoms with E-state index in [4.69, 9.17) is 0 Å². The Balaban J connectivity index is 1.61. The molecule has 21 heavy (non-hydrogen) atoms. The first-order valence-corrected chi connectivity index (χ1v) is 7.56. The second-order valence-corrected chi connectivity index (χ2v) is 5.84. The van der Waals surface area contributed by atoms with Crippen LogP contribution in [0, 0.1) is 0 Å². The molecule has 112 valence electrons. The summed E-state index contributed by atoms with van der Waals surface area (Å²) in [5.41, 5.74) is 3.23. The van der Waals surface area contributed by atoms with Crippen LogP contribution in [0.3, 0.4) is 0 Å². The smallest absolute Gasteiger partial charge is 0.224 e. The van der Waals surface area contributed by atoms with Gasteiger partial charge >= 0.3 is 0 Å². The number of hydrogen-bond acceptors (Lipinski definition) is 3. The van der Waals surface area contributed by atoms with Crippen LogP contribution >= 0.6 is 0 Å². The number of benzene rings is 1. The van der Waals surface area contributed by atoms with Crippen molar-refractivity contribution >= 4 is 23.2 Å². The maximum absolute atomic E-state index is 11.4. The molecule has 0 radical (unpaired) electrons. The van der Waals surface area contributed by atoms with Crippen molar-refractivity contribution in [2.24, 2.45) is 0 Å². The summed E-state index contributed by atoms with van der Waals surface area (Å²) in [5, 5.41) is 6.45. The zero-order chi connectivity index (χ0) is 14.8. The molecule has 3 rings (SSSR count). The normalized spacial score (nSPS) is 18.9. The number of likely N-dealkylation sites (tertiary alicyclic amines) is 1. The minimum Gasteiger partial charge on any atom is -0.382 e. The monoisotopic (exact) mass is 287 g/mol. The Hall–Kier alpha value is -2.04. The SMILES string of the molecule is CC(=O)N1CCC(Nc2ccc3c(c2)CCC(=O)N3)CC1. The standard InChI is InChI=1S/C16H21N3O2/c1-11(20)19-8-6-13(7-9-19)17-14-3-4-15-12(10-14)2-5-16(21)18-15/h3-4,10,13,17H,2,5-9H2,1H3,(H,18,21). The number of anilines is 2. The minimum atomic E-state index is 0.0970. The highest BCUT2D eigenvalue weighted by molar-refractivity contribution is 5.94. The zero-order valence-electron chi connectivity index (χ0n) is 12.3. The number of hydrogen-bond donors (Lipinski definition) is 2. The molecule has 2 amide bonds. The van der Waals surface area contributed by atoms with E-state index in [-0.39, 0.29) is 11.8 Å². The first-order chi connectivity index (χ1) is 10.1.